The van der Waals surface area contributed by atoms with E-state index in [-0.39, 0.29) is 0 Å². The van der Waals surface area contributed by atoms with Gasteiger partial charge in [-0.05, 0) is 24.3 Å². The van der Waals surface area contributed by atoms with Gasteiger partial charge in [0.2, 0.25) is 6.41 Å². The third-order valence-corrected chi connectivity index (χ3v) is 2.74. The first kappa shape index (κ1) is 15.7. The molecule has 0 aliphatic rings. The van der Waals surface area contributed by atoms with Gasteiger partial charge in [-0.15, -0.1) is 0 Å². The Morgan fingerprint density at radius 2 is 1.82 bits per heavy atom. The number of nitrogens with zero attached hydrogens (tertiary/aromatic N) is 1. The van der Waals surface area contributed by atoms with E-state index >= 15 is 0 Å². The van der Waals surface area contributed by atoms with Crippen LogP contribution in [-0.4, -0.2) is 24.9 Å². The molecule has 2 heteroatoms. The van der Waals surface area contributed by atoms with E-state index in [1.165, 1.54) is 12.0 Å². The minimum Gasteiger partial charge on any atom is -0.348 e. The Morgan fingerprint density at radius 3 is 2.18 bits per heavy atom. The number of amides is 1. The Kier molecular flexibility index (Phi) is 9.12. The monoisotopic (exact) mass is 235 g/mol. The highest BCUT2D eigenvalue weighted by Crippen LogP contribution is 2.16. The van der Waals surface area contributed by atoms with Crippen molar-refractivity contribution in [3.05, 3.63) is 35.9 Å². The van der Waals surface area contributed by atoms with E-state index in [2.05, 4.69) is 44.2 Å². The fourth-order valence-corrected chi connectivity index (χ4v) is 1.42. The second-order valence-electron chi connectivity index (χ2n) is 4.31. The topological polar surface area (TPSA) is 20.3 Å². The lowest BCUT2D eigenvalue weighted by Gasteiger charge is -2.06. The molecule has 1 amide bonds. The molecule has 0 saturated heterocycles. The maximum Gasteiger partial charge on any atom is 0.209 e. The minimum atomic E-state index is 0.709. The molecular weight excluding hydrogens is 210 g/mol. The summed E-state index contributed by atoms with van der Waals surface area (Å²) in [5.74, 6) is 0.709. The van der Waals surface area contributed by atoms with Crippen LogP contribution in [0.25, 0.3) is 0 Å². The van der Waals surface area contributed by atoms with Crippen LogP contribution in [0.15, 0.2) is 30.3 Å². The van der Waals surface area contributed by atoms with Crippen molar-refractivity contribution in [2.75, 3.05) is 13.6 Å². The molecule has 0 saturated carbocycles. The van der Waals surface area contributed by atoms with Gasteiger partial charge in [-0.3, -0.25) is 4.79 Å². The first-order valence-corrected chi connectivity index (χ1v) is 6.36. The van der Waals surface area contributed by atoms with Crippen LogP contribution in [0.1, 0.15) is 45.1 Å². The fourth-order valence-electron chi connectivity index (χ4n) is 1.42. The zero-order chi connectivity index (χ0) is 13.1. The van der Waals surface area contributed by atoms with Gasteiger partial charge in [-0.25, -0.2) is 0 Å². The van der Waals surface area contributed by atoms with Crippen LogP contribution < -0.4 is 0 Å². The van der Waals surface area contributed by atoms with Gasteiger partial charge in [-0.2, -0.15) is 0 Å². The minimum absolute atomic E-state index is 0.709. The van der Waals surface area contributed by atoms with Gasteiger partial charge in [-0.1, -0.05) is 51.1 Å². The van der Waals surface area contributed by atoms with Crippen molar-refractivity contribution in [2.24, 2.45) is 0 Å². The molecule has 96 valence electrons. The molecule has 0 aliphatic carbocycles. The second kappa shape index (κ2) is 9.88. The van der Waals surface area contributed by atoms with Crippen molar-refractivity contribution in [1.82, 2.24) is 4.90 Å². The summed E-state index contributed by atoms with van der Waals surface area (Å²) < 4.78 is 0. The summed E-state index contributed by atoms with van der Waals surface area (Å²) in [5, 5.41) is 0. The van der Waals surface area contributed by atoms with E-state index in [0.717, 1.165) is 19.4 Å². The third-order valence-electron chi connectivity index (χ3n) is 2.74. The predicted molar refractivity (Wildman–Crippen MR) is 74.1 cm³/mol. The van der Waals surface area contributed by atoms with E-state index < -0.39 is 0 Å². The van der Waals surface area contributed by atoms with E-state index in [1.54, 1.807) is 11.9 Å². The molecule has 17 heavy (non-hydrogen) atoms. The largest absolute Gasteiger partial charge is 0.348 e. The maximum absolute atomic E-state index is 9.82. The fraction of sp³-hybridized carbons (Fsp3) is 0.533. The lowest BCUT2D eigenvalue weighted by Crippen LogP contribution is -2.15. The summed E-state index contributed by atoms with van der Waals surface area (Å²) in [6.45, 7) is 7.39. The lowest BCUT2D eigenvalue weighted by atomic mass is 9.99. The van der Waals surface area contributed by atoms with Crippen molar-refractivity contribution in [3.8, 4) is 0 Å². The highest BCUT2D eigenvalue weighted by atomic mass is 16.1. The number of carbonyl (C=O) groups is 1. The van der Waals surface area contributed by atoms with Gasteiger partial charge in [0.1, 0.15) is 0 Å². The molecule has 1 rings (SSSR count). The highest BCUT2D eigenvalue weighted by Gasteiger charge is 1.98. The number of hydrogen-bond donors (Lipinski definition) is 0. The van der Waals surface area contributed by atoms with Crippen molar-refractivity contribution >= 4 is 6.41 Å². The Morgan fingerprint density at radius 1 is 1.24 bits per heavy atom. The molecule has 1 aromatic carbocycles. The number of hydrogen-bond acceptors (Lipinski definition) is 1. The molecule has 2 nitrogen and oxygen atoms in total. The number of carbonyl (C=O) groups excluding carboxylic acids is 1. The van der Waals surface area contributed by atoms with Crippen LogP contribution in [0, 0.1) is 0 Å². The van der Waals surface area contributed by atoms with Gasteiger partial charge in [0.05, 0.1) is 0 Å². The zero-order valence-electron chi connectivity index (χ0n) is 11.5. The molecule has 1 aromatic rings. The summed E-state index contributed by atoms with van der Waals surface area (Å²) in [4.78, 5) is 11.4. The first-order chi connectivity index (χ1) is 8.15. The van der Waals surface area contributed by atoms with Crippen molar-refractivity contribution in [3.63, 3.8) is 0 Å². The van der Waals surface area contributed by atoms with Crippen LogP contribution in [0.4, 0.5) is 0 Å². The molecule has 1 atom stereocenters. The van der Waals surface area contributed by atoms with E-state index in [4.69, 9.17) is 0 Å². The standard InChI is InChI=1S/C10H14.C5H11NO/c1-3-9(2)10-7-5-4-6-8-10;1-3-4-6(2)5-7/h4-9H,3H2,1-2H3;5H,3-4H2,1-2H3. The third kappa shape index (κ3) is 7.56. The predicted octanol–water partition coefficient (Wildman–Crippen LogP) is 3.68. The van der Waals surface area contributed by atoms with Crippen molar-refractivity contribution in [1.29, 1.82) is 0 Å². The summed E-state index contributed by atoms with van der Waals surface area (Å²) in [6, 6.07) is 10.6. The smallest absolute Gasteiger partial charge is 0.209 e. The van der Waals surface area contributed by atoms with Crippen LogP contribution in [0.2, 0.25) is 0 Å². The maximum atomic E-state index is 9.82. The van der Waals surface area contributed by atoms with Crippen molar-refractivity contribution < 1.29 is 4.79 Å². The average Bonchev–Trinajstić information content (AvgIpc) is 2.39. The molecule has 0 aliphatic heterocycles. The zero-order valence-corrected chi connectivity index (χ0v) is 11.5. The van der Waals surface area contributed by atoms with Gasteiger partial charge >= 0.3 is 0 Å². The Balaban J connectivity index is 0.000000325. The molecule has 1 unspecified atom stereocenters. The van der Waals surface area contributed by atoms with Crippen LogP contribution in [0.3, 0.4) is 0 Å². The summed E-state index contributed by atoms with van der Waals surface area (Å²) in [6.07, 6.45) is 3.10. The molecule has 0 bridgehead atoms. The molecule has 0 N–H and O–H groups in total. The quantitative estimate of drug-likeness (QED) is 0.713. The molecule has 0 radical (unpaired) electrons. The van der Waals surface area contributed by atoms with E-state index in [9.17, 15) is 4.79 Å². The van der Waals surface area contributed by atoms with E-state index in [0.29, 0.717) is 5.92 Å². The Labute approximate surface area is 106 Å². The first-order valence-electron chi connectivity index (χ1n) is 6.36. The Bertz CT molecular complexity index is 284. The molecule has 0 aromatic heterocycles. The average molecular weight is 235 g/mol. The lowest BCUT2D eigenvalue weighted by molar-refractivity contribution is -0.117. The van der Waals surface area contributed by atoms with Gasteiger partial charge < -0.3 is 4.90 Å². The highest BCUT2D eigenvalue weighted by molar-refractivity contribution is 5.46. The SMILES string of the molecule is CCC(C)c1ccccc1.CCCN(C)C=O. The van der Waals surface area contributed by atoms with Crippen molar-refractivity contribution in [2.45, 2.75) is 39.5 Å². The molecule has 0 spiro atoms. The molecule has 0 fully saturated rings. The second-order valence-corrected chi connectivity index (χ2v) is 4.31. The van der Waals surface area contributed by atoms with Crippen LogP contribution in [0.5, 0.6) is 0 Å². The van der Waals surface area contributed by atoms with Crippen LogP contribution >= 0.6 is 0 Å². The van der Waals surface area contributed by atoms with Crippen LogP contribution in [-0.2, 0) is 4.79 Å². The summed E-state index contributed by atoms with van der Waals surface area (Å²) >= 11 is 0. The molecule has 0 heterocycles. The Hall–Kier alpha value is -1.31. The van der Waals surface area contributed by atoms with Gasteiger partial charge in [0.15, 0.2) is 0 Å². The van der Waals surface area contributed by atoms with E-state index in [1.807, 2.05) is 6.92 Å². The van der Waals surface area contributed by atoms with Gasteiger partial charge in [0.25, 0.3) is 0 Å². The number of benzene rings is 1. The number of rotatable bonds is 5. The summed E-state index contributed by atoms with van der Waals surface area (Å²) in [7, 11) is 1.77. The van der Waals surface area contributed by atoms with Gasteiger partial charge in [0, 0.05) is 13.6 Å². The normalized spacial score (nSPS) is 11.1. The summed E-state index contributed by atoms with van der Waals surface area (Å²) in [5.41, 5.74) is 1.45. The molecular formula is C15H25NO.